The number of aromatic nitrogens is 2. The molecule has 1 rings (SSSR count). The number of nitrogens with zero attached hydrogens (tertiary/aromatic N) is 2. The summed E-state index contributed by atoms with van der Waals surface area (Å²) >= 11 is 2.10. The molecule has 0 amide bonds. The molecule has 1 aromatic heterocycles. The van der Waals surface area contributed by atoms with E-state index in [4.69, 9.17) is 5.11 Å². The van der Waals surface area contributed by atoms with Gasteiger partial charge in [-0.15, -0.1) is 0 Å². The van der Waals surface area contributed by atoms with Gasteiger partial charge in [0.25, 0.3) is 0 Å². The van der Waals surface area contributed by atoms with Crippen LogP contribution in [-0.4, -0.2) is 27.7 Å². The number of aliphatic hydroxyl groups is 1. The largest absolute Gasteiger partial charge is 0.388 e. The van der Waals surface area contributed by atoms with E-state index in [1.54, 1.807) is 12.4 Å². The highest BCUT2D eigenvalue weighted by Crippen LogP contribution is 2.01. The van der Waals surface area contributed by atoms with Gasteiger partial charge in [-0.3, -0.25) is 4.68 Å². The van der Waals surface area contributed by atoms with Gasteiger partial charge in [-0.25, -0.2) is 4.39 Å². The molecule has 0 radical (unpaired) electrons. The zero-order valence-corrected chi connectivity index (χ0v) is 7.90. The van der Waals surface area contributed by atoms with E-state index in [1.165, 1.54) is 4.68 Å². The molecule has 5 heteroatoms. The van der Waals surface area contributed by atoms with Crippen molar-refractivity contribution in [3.63, 3.8) is 0 Å². The Balaban J connectivity index is 2.50. The summed E-state index contributed by atoms with van der Waals surface area (Å²) < 4.78 is 14.3. The highest BCUT2D eigenvalue weighted by Gasteiger charge is 2.04. The molecule has 1 atom stereocenters. The SMILES string of the molecule is OC(CF)Cn1cc(I)cn1. The molecule has 0 fully saturated rings. The van der Waals surface area contributed by atoms with Crippen LogP contribution in [0.1, 0.15) is 0 Å². The zero-order valence-electron chi connectivity index (χ0n) is 5.74. The third-order valence-electron chi connectivity index (χ3n) is 1.18. The highest BCUT2D eigenvalue weighted by molar-refractivity contribution is 14.1. The molecule has 62 valence electrons. The third-order valence-corrected chi connectivity index (χ3v) is 1.73. The first-order valence-corrected chi connectivity index (χ1v) is 4.22. The van der Waals surface area contributed by atoms with Crippen LogP contribution in [0.4, 0.5) is 4.39 Å². The molecule has 0 spiro atoms. The molecule has 1 N–H and O–H groups in total. The average molecular weight is 270 g/mol. The summed E-state index contributed by atoms with van der Waals surface area (Å²) in [6.45, 7) is -0.504. The van der Waals surface area contributed by atoms with Crippen molar-refractivity contribution in [2.24, 2.45) is 0 Å². The maximum atomic E-state index is 11.8. The second kappa shape index (κ2) is 4.01. The molecule has 0 bridgehead atoms. The number of alkyl halides is 1. The molecule has 0 aliphatic carbocycles. The van der Waals surface area contributed by atoms with E-state index >= 15 is 0 Å². The van der Waals surface area contributed by atoms with Gasteiger partial charge in [-0.1, -0.05) is 0 Å². The lowest BCUT2D eigenvalue weighted by atomic mass is 10.4. The Kier molecular flexibility index (Phi) is 3.25. The first-order valence-electron chi connectivity index (χ1n) is 3.14. The van der Waals surface area contributed by atoms with Crippen LogP contribution >= 0.6 is 22.6 Å². The zero-order chi connectivity index (χ0) is 8.27. The Morgan fingerprint density at radius 3 is 3.00 bits per heavy atom. The van der Waals surface area contributed by atoms with Crippen LogP contribution in [0.25, 0.3) is 0 Å². The van der Waals surface area contributed by atoms with Gasteiger partial charge >= 0.3 is 0 Å². The summed E-state index contributed by atoms with van der Waals surface area (Å²) in [5.41, 5.74) is 0. The summed E-state index contributed by atoms with van der Waals surface area (Å²) in [6.07, 6.45) is 2.47. The lowest BCUT2D eigenvalue weighted by Gasteiger charge is -2.04. The number of hydrogen-bond donors (Lipinski definition) is 1. The van der Waals surface area contributed by atoms with E-state index < -0.39 is 12.8 Å². The maximum absolute atomic E-state index is 11.8. The van der Waals surface area contributed by atoms with Crippen molar-refractivity contribution < 1.29 is 9.50 Å². The van der Waals surface area contributed by atoms with Crippen LogP contribution in [0, 0.1) is 3.57 Å². The molecule has 1 aromatic rings. The summed E-state index contributed by atoms with van der Waals surface area (Å²) in [7, 11) is 0. The second-order valence-electron chi connectivity index (χ2n) is 2.19. The predicted molar refractivity (Wildman–Crippen MR) is 46.9 cm³/mol. The Hall–Kier alpha value is -0.170. The van der Waals surface area contributed by atoms with Gasteiger partial charge in [-0.05, 0) is 22.6 Å². The van der Waals surface area contributed by atoms with E-state index in [2.05, 4.69) is 27.7 Å². The Labute approximate surface area is 77.4 Å². The van der Waals surface area contributed by atoms with E-state index in [1.807, 2.05) is 0 Å². The van der Waals surface area contributed by atoms with Gasteiger partial charge in [-0.2, -0.15) is 5.10 Å². The van der Waals surface area contributed by atoms with Gasteiger partial charge in [0.1, 0.15) is 12.8 Å². The van der Waals surface area contributed by atoms with Gasteiger partial charge in [0.15, 0.2) is 0 Å². The Morgan fingerprint density at radius 1 is 1.82 bits per heavy atom. The first-order chi connectivity index (χ1) is 5.22. The summed E-state index contributed by atoms with van der Waals surface area (Å²) in [5.74, 6) is 0. The van der Waals surface area contributed by atoms with Crippen molar-refractivity contribution in [2.45, 2.75) is 12.6 Å². The highest BCUT2D eigenvalue weighted by atomic mass is 127. The van der Waals surface area contributed by atoms with E-state index in [0.29, 0.717) is 0 Å². The molecule has 1 unspecified atom stereocenters. The number of rotatable bonds is 3. The van der Waals surface area contributed by atoms with Gasteiger partial charge in [0.05, 0.1) is 16.3 Å². The van der Waals surface area contributed by atoms with Crippen LogP contribution in [-0.2, 0) is 6.54 Å². The van der Waals surface area contributed by atoms with Crippen LogP contribution in [0.5, 0.6) is 0 Å². The smallest absolute Gasteiger partial charge is 0.117 e. The maximum Gasteiger partial charge on any atom is 0.117 e. The molecular weight excluding hydrogens is 262 g/mol. The lowest BCUT2D eigenvalue weighted by Crippen LogP contribution is -2.17. The summed E-state index contributed by atoms with van der Waals surface area (Å²) in [4.78, 5) is 0. The Bertz CT molecular complexity index is 228. The normalized spacial score (nSPS) is 13.4. The minimum atomic E-state index is -0.939. The topological polar surface area (TPSA) is 38.0 Å². The third kappa shape index (κ3) is 2.74. The molecule has 11 heavy (non-hydrogen) atoms. The molecule has 0 saturated heterocycles. The minimum Gasteiger partial charge on any atom is -0.388 e. The number of aliphatic hydroxyl groups excluding tert-OH is 1. The van der Waals surface area contributed by atoms with Crippen LogP contribution in [0.2, 0.25) is 0 Å². The number of hydrogen-bond acceptors (Lipinski definition) is 2. The van der Waals surface area contributed by atoms with Crippen LogP contribution in [0.15, 0.2) is 12.4 Å². The summed E-state index contributed by atoms with van der Waals surface area (Å²) in [5, 5.41) is 12.8. The predicted octanol–water partition coefficient (Wildman–Crippen LogP) is 0.818. The van der Waals surface area contributed by atoms with Gasteiger partial charge < -0.3 is 5.11 Å². The monoisotopic (exact) mass is 270 g/mol. The fraction of sp³-hybridized carbons (Fsp3) is 0.500. The molecule has 0 aromatic carbocycles. The quantitative estimate of drug-likeness (QED) is 0.826. The minimum absolute atomic E-state index is 0.222. The standard InChI is InChI=1S/C6H8FIN2O/c7-1-6(11)4-10-3-5(8)2-9-10/h2-3,6,11H,1,4H2. The molecular formula is C6H8FIN2O. The van der Waals surface area contributed by atoms with Crippen molar-refractivity contribution in [3.05, 3.63) is 16.0 Å². The average Bonchev–Trinajstić information content (AvgIpc) is 2.35. The van der Waals surface area contributed by atoms with Crippen LogP contribution < -0.4 is 0 Å². The fourth-order valence-corrected chi connectivity index (χ4v) is 1.15. The lowest BCUT2D eigenvalue weighted by molar-refractivity contribution is 0.118. The number of halogens is 2. The van der Waals surface area contributed by atoms with Crippen molar-refractivity contribution >= 4 is 22.6 Å². The molecule has 1 heterocycles. The van der Waals surface area contributed by atoms with Crippen molar-refractivity contribution in [3.8, 4) is 0 Å². The van der Waals surface area contributed by atoms with E-state index in [9.17, 15) is 4.39 Å². The van der Waals surface area contributed by atoms with Crippen molar-refractivity contribution in [1.82, 2.24) is 9.78 Å². The first kappa shape index (κ1) is 8.92. The fourth-order valence-electron chi connectivity index (χ4n) is 0.703. The molecule has 0 aliphatic rings. The van der Waals surface area contributed by atoms with Crippen LogP contribution in [0.3, 0.4) is 0 Å². The second-order valence-corrected chi connectivity index (χ2v) is 3.43. The van der Waals surface area contributed by atoms with Gasteiger partial charge in [0.2, 0.25) is 0 Å². The molecule has 3 nitrogen and oxygen atoms in total. The Morgan fingerprint density at radius 2 is 2.55 bits per heavy atom. The molecule has 0 aliphatic heterocycles. The van der Waals surface area contributed by atoms with E-state index in [-0.39, 0.29) is 6.54 Å². The summed E-state index contributed by atoms with van der Waals surface area (Å²) in [6, 6.07) is 0. The molecule has 0 saturated carbocycles. The van der Waals surface area contributed by atoms with Crippen molar-refractivity contribution in [1.29, 1.82) is 0 Å². The van der Waals surface area contributed by atoms with Crippen molar-refractivity contribution in [2.75, 3.05) is 6.67 Å². The van der Waals surface area contributed by atoms with Gasteiger partial charge in [0, 0.05) is 6.20 Å². The van der Waals surface area contributed by atoms with E-state index in [0.717, 1.165) is 3.57 Å².